The number of urea groups is 1. The number of benzene rings is 3. The van der Waals surface area contributed by atoms with E-state index < -0.39 is 17.8 Å². The zero-order chi connectivity index (χ0) is 24.9. The summed E-state index contributed by atoms with van der Waals surface area (Å²) < 4.78 is 11.2. The van der Waals surface area contributed by atoms with Gasteiger partial charge in [0.1, 0.15) is 23.7 Å². The molecule has 0 atom stereocenters. The molecule has 0 aromatic heterocycles. The van der Waals surface area contributed by atoms with Crippen LogP contribution in [0.1, 0.15) is 18.1 Å². The number of hydrogen-bond donors (Lipinski definition) is 1. The summed E-state index contributed by atoms with van der Waals surface area (Å²) in [4.78, 5) is 38.9. The smallest absolute Gasteiger partial charge is 0.335 e. The first kappa shape index (κ1) is 24.3. The van der Waals surface area contributed by atoms with Crippen molar-refractivity contribution in [2.45, 2.75) is 13.5 Å². The van der Waals surface area contributed by atoms with Crippen molar-refractivity contribution in [3.8, 4) is 11.5 Å². The summed E-state index contributed by atoms with van der Waals surface area (Å²) in [5.41, 5.74) is 1.46. The Labute approximate surface area is 211 Å². The number of carbonyl (C=O) groups is 3. The van der Waals surface area contributed by atoms with Crippen LogP contribution in [-0.2, 0) is 16.2 Å². The number of anilines is 1. The molecule has 178 valence electrons. The van der Waals surface area contributed by atoms with Crippen LogP contribution in [0.5, 0.6) is 11.5 Å². The van der Waals surface area contributed by atoms with Gasteiger partial charge in [0, 0.05) is 15.6 Å². The van der Waals surface area contributed by atoms with E-state index in [1.165, 1.54) is 6.08 Å². The number of carbonyl (C=O) groups excluding carboxylic acids is 3. The van der Waals surface area contributed by atoms with Crippen LogP contribution in [0.15, 0.2) is 72.3 Å². The molecule has 0 saturated carbocycles. The van der Waals surface area contributed by atoms with Gasteiger partial charge in [-0.2, -0.15) is 0 Å². The number of nitrogens with zero attached hydrogens (tertiary/aromatic N) is 1. The third-order valence-corrected chi connectivity index (χ3v) is 5.67. The SMILES string of the molecule is CCOc1cccc(/C=C2/C(=O)NC(=O)N(c3ccc(OCc4ccc(Cl)cc4Cl)cc3)C2=O)c1. The number of hydrogen-bond acceptors (Lipinski definition) is 5. The average Bonchev–Trinajstić information content (AvgIpc) is 2.82. The Balaban J connectivity index is 1.52. The molecule has 1 saturated heterocycles. The molecule has 0 bridgehead atoms. The Bertz CT molecular complexity index is 1320. The fourth-order valence-electron chi connectivity index (χ4n) is 3.41. The molecule has 1 aliphatic rings. The van der Waals surface area contributed by atoms with E-state index in [1.807, 2.05) is 6.92 Å². The van der Waals surface area contributed by atoms with Gasteiger partial charge in [0.05, 0.1) is 12.3 Å². The molecule has 9 heteroatoms. The maximum atomic E-state index is 13.1. The Morgan fingerprint density at radius 1 is 0.914 bits per heavy atom. The fraction of sp³-hybridized carbons (Fsp3) is 0.115. The minimum atomic E-state index is -0.832. The van der Waals surface area contributed by atoms with Gasteiger partial charge in [0.2, 0.25) is 0 Å². The van der Waals surface area contributed by atoms with Gasteiger partial charge < -0.3 is 9.47 Å². The Kier molecular flexibility index (Phi) is 7.39. The van der Waals surface area contributed by atoms with Crippen molar-refractivity contribution in [1.82, 2.24) is 5.32 Å². The summed E-state index contributed by atoms with van der Waals surface area (Å²) >= 11 is 12.1. The van der Waals surface area contributed by atoms with Crippen molar-refractivity contribution in [3.05, 3.63) is 93.5 Å². The zero-order valence-electron chi connectivity index (χ0n) is 18.6. The topological polar surface area (TPSA) is 84.9 Å². The molecule has 7 nitrogen and oxygen atoms in total. The number of halogens is 2. The van der Waals surface area contributed by atoms with Gasteiger partial charge in [-0.25, -0.2) is 9.69 Å². The third-order valence-electron chi connectivity index (χ3n) is 5.09. The Morgan fingerprint density at radius 2 is 1.69 bits per heavy atom. The van der Waals surface area contributed by atoms with Crippen LogP contribution in [0.2, 0.25) is 10.0 Å². The monoisotopic (exact) mass is 510 g/mol. The highest BCUT2D eigenvalue weighted by molar-refractivity contribution is 6.39. The first-order chi connectivity index (χ1) is 16.9. The van der Waals surface area contributed by atoms with E-state index in [4.69, 9.17) is 32.7 Å². The predicted molar refractivity (Wildman–Crippen MR) is 134 cm³/mol. The van der Waals surface area contributed by atoms with E-state index in [-0.39, 0.29) is 17.9 Å². The number of amides is 4. The lowest BCUT2D eigenvalue weighted by Gasteiger charge is -2.26. The lowest BCUT2D eigenvalue weighted by molar-refractivity contribution is -0.122. The second kappa shape index (κ2) is 10.6. The van der Waals surface area contributed by atoms with Gasteiger partial charge in [-0.05, 0) is 67.1 Å². The Hall–Kier alpha value is -3.81. The molecule has 4 rings (SSSR count). The van der Waals surface area contributed by atoms with Gasteiger partial charge in [-0.15, -0.1) is 0 Å². The summed E-state index contributed by atoms with van der Waals surface area (Å²) in [7, 11) is 0. The second-order valence-corrected chi connectivity index (χ2v) is 8.33. The molecular formula is C26H20Cl2N2O5. The van der Waals surface area contributed by atoms with Crippen molar-refractivity contribution in [2.24, 2.45) is 0 Å². The number of nitrogens with one attached hydrogen (secondary N) is 1. The van der Waals surface area contributed by atoms with E-state index in [0.717, 1.165) is 10.5 Å². The quantitative estimate of drug-likeness (QED) is 0.328. The van der Waals surface area contributed by atoms with E-state index in [9.17, 15) is 14.4 Å². The summed E-state index contributed by atoms with van der Waals surface area (Å²) in [5.74, 6) is -0.391. The molecule has 1 fully saturated rings. The fourth-order valence-corrected chi connectivity index (χ4v) is 3.87. The zero-order valence-corrected chi connectivity index (χ0v) is 20.1. The van der Waals surface area contributed by atoms with Crippen LogP contribution in [0.3, 0.4) is 0 Å². The largest absolute Gasteiger partial charge is 0.494 e. The molecule has 3 aromatic carbocycles. The first-order valence-corrected chi connectivity index (χ1v) is 11.4. The molecular weight excluding hydrogens is 491 g/mol. The molecule has 1 aliphatic heterocycles. The molecule has 0 aliphatic carbocycles. The molecule has 0 radical (unpaired) electrons. The van der Waals surface area contributed by atoms with Crippen LogP contribution in [0.4, 0.5) is 10.5 Å². The standard InChI is InChI=1S/C26H20Cl2N2O5/c1-2-34-21-5-3-4-16(12-21)13-22-24(31)29-26(33)30(25(22)32)19-8-10-20(11-9-19)35-15-17-6-7-18(27)14-23(17)28/h3-14H,2,15H2,1H3,(H,29,31,33)/b22-13-. The van der Waals surface area contributed by atoms with E-state index >= 15 is 0 Å². The van der Waals surface area contributed by atoms with E-state index in [0.29, 0.717) is 33.7 Å². The molecule has 3 aromatic rings. The van der Waals surface area contributed by atoms with Crippen LogP contribution < -0.4 is 19.7 Å². The maximum absolute atomic E-state index is 13.1. The highest BCUT2D eigenvalue weighted by atomic mass is 35.5. The minimum Gasteiger partial charge on any atom is -0.494 e. The molecule has 0 spiro atoms. The minimum absolute atomic E-state index is 0.170. The summed E-state index contributed by atoms with van der Waals surface area (Å²) in [6.07, 6.45) is 1.42. The lowest BCUT2D eigenvalue weighted by Crippen LogP contribution is -2.54. The summed E-state index contributed by atoms with van der Waals surface area (Å²) in [5, 5.41) is 3.23. The van der Waals surface area contributed by atoms with Gasteiger partial charge >= 0.3 is 6.03 Å². The van der Waals surface area contributed by atoms with Crippen LogP contribution in [0, 0.1) is 0 Å². The maximum Gasteiger partial charge on any atom is 0.335 e. The van der Waals surface area contributed by atoms with Crippen LogP contribution in [-0.4, -0.2) is 24.5 Å². The second-order valence-electron chi connectivity index (χ2n) is 7.48. The van der Waals surface area contributed by atoms with Gasteiger partial charge in [0.15, 0.2) is 0 Å². The molecule has 1 N–H and O–H groups in total. The predicted octanol–water partition coefficient (Wildman–Crippen LogP) is 5.64. The van der Waals surface area contributed by atoms with E-state index in [1.54, 1.807) is 66.7 Å². The van der Waals surface area contributed by atoms with Gasteiger partial charge in [-0.1, -0.05) is 41.4 Å². The average molecular weight is 511 g/mol. The number of imide groups is 2. The van der Waals surface area contributed by atoms with Crippen LogP contribution >= 0.6 is 23.2 Å². The number of barbiturate groups is 1. The first-order valence-electron chi connectivity index (χ1n) is 10.7. The highest BCUT2D eigenvalue weighted by Crippen LogP contribution is 2.27. The van der Waals surface area contributed by atoms with Crippen molar-refractivity contribution in [1.29, 1.82) is 0 Å². The molecule has 35 heavy (non-hydrogen) atoms. The van der Waals surface area contributed by atoms with Gasteiger partial charge in [-0.3, -0.25) is 14.9 Å². The molecule has 4 amide bonds. The molecule has 0 unspecified atom stereocenters. The van der Waals surface area contributed by atoms with Gasteiger partial charge in [0.25, 0.3) is 11.8 Å². The summed E-state index contributed by atoms with van der Waals surface area (Å²) in [6.45, 7) is 2.55. The summed E-state index contributed by atoms with van der Waals surface area (Å²) in [6, 6.07) is 17.6. The van der Waals surface area contributed by atoms with Crippen molar-refractivity contribution in [3.63, 3.8) is 0 Å². The van der Waals surface area contributed by atoms with Crippen LogP contribution in [0.25, 0.3) is 6.08 Å². The van der Waals surface area contributed by atoms with E-state index in [2.05, 4.69) is 5.32 Å². The lowest BCUT2D eigenvalue weighted by atomic mass is 10.1. The molecule has 1 heterocycles. The third kappa shape index (κ3) is 5.65. The Morgan fingerprint density at radius 3 is 2.40 bits per heavy atom. The highest BCUT2D eigenvalue weighted by Gasteiger charge is 2.36. The van der Waals surface area contributed by atoms with Crippen molar-refractivity contribution in [2.75, 3.05) is 11.5 Å². The van der Waals surface area contributed by atoms with Crippen molar-refractivity contribution >= 4 is 52.8 Å². The van der Waals surface area contributed by atoms with Crippen molar-refractivity contribution < 1.29 is 23.9 Å². The number of ether oxygens (including phenoxy) is 2. The number of rotatable bonds is 7. The normalized spacial score (nSPS) is 14.8.